The SMILES string of the molecule is Cc1nc(COC(=O)c2c(C)c3ccccc3oc2=O)sc1C. The molecule has 0 aliphatic carbocycles. The maximum absolute atomic E-state index is 12.3. The van der Waals surface area contributed by atoms with E-state index in [1.54, 1.807) is 25.1 Å². The summed E-state index contributed by atoms with van der Waals surface area (Å²) in [5.74, 6) is -0.687. The zero-order valence-electron chi connectivity index (χ0n) is 13.0. The van der Waals surface area contributed by atoms with Crippen molar-refractivity contribution < 1.29 is 13.9 Å². The number of para-hydroxylation sites is 1. The van der Waals surface area contributed by atoms with Crippen molar-refractivity contribution in [1.29, 1.82) is 0 Å². The smallest absolute Gasteiger partial charge is 0.351 e. The molecule has 0 saturated heterocycles. The lowest BCUT2D eigenvalue weighted by Gasteiger charge is -2.07. The number of esters is 1. The Morgan fingerprint density at radius 1 is 1.26 bits per heavy atom. The van der Waals surface area contributed by atoms with Crippen LogP contribution in [-0.2, 0) is 11.3 Å². The first-order chi connectivity index (χ1) is 11.0. The Kier molecular flexibility index (Phi) is 4.00. The molecule has 0 spiro atoms. The molecule has 0 radical (unpaired) electrons. The van der Waals surface area contributed by atoms with Crippen molar-refractivity contribution in [3.63, 3.8) is 0 Å². The fourth-order valence-electron chi connectivity index (χ4n) is 2.34. The van der Waals surface area contributed by atoms with Crippen molar-refractivity contribution in [2.75, 3.05) is 0 Å². The van der Waals surface area contributed by atoms with E-state index >= 15 is 0 Å². The molecule has 0 N–H and O–H groups in total. The highest BCUT2D eigenvalue weighted by molar-refractivity contribution is 7.11. The molecule has 0 fully saturated rings. The average molecular weight is 329 g/mol. The molecule has 118 valence electrons. The van der Waals surface area contributed by atoms with Gasteiger partial charge in [0.2, 0.25) is 0 Å². The summed E-state index contributed by atoms with van der Waals surface area (Å²) in [5.41, 5.74) is 1.19. The number of carbonyl (C=O) groups excluding carboxylic acids is 1. The van der Waals surface area contributed by atoms with Gasteiger partial charge in [-0.3, -0.25) is 0 Å². The van der Waals surface area contributed by atoms with E-state index in [2.05, 4.69) is 4.98 Å². The average Bonchev–Trinajstić information content (AvgIpc) is 2.84. The molecule has 0 atom stereocenters. The summed E-state index contributed by atoms with van der Waals surface area (Å²) in [6, 6.07) is 7.10. The van der Waals surface area contributed by atoms with E-state index in [1.807, 2.05) is 19.9 Å². The highest BCUT2D eigenvalue weighted by Gasteiger charge is 2.20. The number of ether oxygens (including phenoxy) is 1. The van der Waals surface area contributed by atoms with E-state index in [-0.39, 0.29) is 12.2 Å². The molecule has 2 aromatic heterocycles. The van der Waals surface area contributed by atoms with Crippen LogP contribution in [0.5, 0.6) is 0 Å². The first-order valence-electron chi connectivity index (χ1n) is 7.10. The van der Waals surface area contributed by atoms with Gasteiger partial charge in [0.05, 0.1) is 5.69 Å². The number of hydrogen-bond donors (Lipinski definition) is 0. The molecule has 0 unspecified atom stereocenters. The Labute approximate surface area is 136 Å². The molecule has 5 nitrogen and oxygen atoms in total. The standard InChI is InChI=1S/C17H15NO4S/c1-9-12-6-4-5-7-13(12)22-17(20)15(9)16(19)21-8-14-18-10(2)11(3)23-14/h4-7H,8H2,1-3H3. The topological polar surface area (TPSA) is 69.4 Å². The van der Waals surface area contributed by atoms with Crippen molar-refractivity contribution in [1.82, 2.24) is 4.98 Å². The predicted molar refractivity (Wildman–Crippen MR) is 87.9 cm³/mol. The van der Waals surface area contributed by atoms with Crippen molar-refractivity contribution in [3.8, 4) is 0 Å². The summed E-state index contributed by atoms with van der Waals surface area (Å²) in [4.78, 5) is 29.8. The second-order valence-corrected chi connectivity index (χ2v) is 6.50. The van der Waals surface area contributed by atoms with Gasteiger partial charge in [0.25, 0.3) is 0 Å². The zero-order chi connectivity index (χ0) is 16.6. The molecule has 0 aliphatic rings. The number of aromatic nitrogens is 1. The van der Waals surface area contributed by atoms with E-state index in [0.29, 0.717) is 16.2 Å². The summed E-state index contributed by atoms with van der Waals surface area (Å²) >= 11 is 1.47. The van der Waals surface area contributed by atoms with E-state index < -0.39 is 11.6 Å². The molecule has 2 heterocycles. The second kappa shape index (κ2) is 5.96. The molecule has 0 aliphatic heterocycles. The Morgan fingerprint density at radius 3 is 2.70 bits per heavy atom. The van der Waals surface area contributed by atoms with Gasteiger partial charge < -0.3 is 9.15 Å². The van der Waals surface area contributed by atoms with Crippen LogP contribution < -0.4 is 5.63 Å². The molecular formula is C17H15NO4S. The highest BCUT2D eigenvalue weighted by atomic mass is 32.1. The fourth-order valence-corrected chi connectivity index (χ4v) is 3.19. The summed E-state index contributed by atoms with van der Waals surface area (Å²) in [5, 5.41) is 1.43. The van der Waals surface area contributed by atoms with E-state index in [9.17, 15) is 9.59 Å². The third kappa shape index (κ3) is 2.90. The minimum atomic E-state index is -0.687. The summed E-state index contributed by atoms with van der Waals surface area (Å²) < 4.78 is 10.4. The minimum Gasteiger partial charge on any atom is -0.454 e. The van der Waals surface area contributed by atoms with Gasteiger partial charge in [-0.05, 0) is 32.4 Å². The second-order valence-electron chi connectivity index (χ2n) is 5.21. The Hall–Kier alpha value is -2.47. The molecule has 3 aromatic rings. The number of nitrogens with zero attached hydrogens (tertiary/aromatic N) is 1. The van der Waals surface area contributed by atoms with Crippen LogP contribution in [0.4, 0.5) is 0 Å². The largest absolute Gasteiger partial charge is 0.454 e. The molecule has 0 amide bonds. The van der Waals surface area contributed by atoms with Crippen LogP contribution in [0, 0.1) is 20.8 Å². The number of hydrogen-bond acceptors (Lipinski definition) is 6. The molecule has 3 rings (SSSR count). The number of fused-ring (bicyclic) bond motifs is 1. The van der Waals surface area contributed by atoms with Gasteiger partial charge in [0, 0.05) is 10.3 Å². The number of aryl methyl sites for hydroxylation is 3. The van der Waals surface area contributed by atoms with Gasteiger partial charge in [-0.2, -0.15) is 0 Å². The zero-order valence-corrected chi connectivity index (χ0v) is 13.8. The van der Waals surface area contributed by atoms with Gasteiger partial charge in [-0.15, -0.1) is 11.3 Å². The summed E-state index contributed by atoms with van der Waals surface area (Å²) in [6.45, 7) is 5.62. The van der Waals surface area contributed by atoms with Crippen LogP contribution in [0.2, 0.25) is 0 Å². The first kappa shape index (κ1) is 15.4. The van der Waals surface area contributed by atoms with E-state index in [0.717, 1.165) is 16.0 Å². The van der Waals surface area contributed by atoms with Crippen molar-refractivity contribution in [2.24, 2.45) is 0 Å². The number of benzene rings is 1. The Morgan fingerprint density at radius 2 is 2.00 bits per heavy atom. The highest BCUT2D eigenvalue weighted by Crippen LogP contribution is 2.21. The molecule has 0 bridgehead atoms. The van der Waals surface area contributed by atoms with Gasteiger partial charge >= 0.3 is 11.6 Å². The third-order valence-electron chi connectivity index (χ3n) is 3.68. The molecule has 1 aromatic carbocycles. The third-order valence-corrected chi connectivity index (χ3v) is 4.72. The van der Waals surface area contributed by atoms with Crippen LogP contribution in [0.15, 0.2) is 33.5 Å². The quantitative estimate of drug-likeness (QED) is 0.543. The van der Waals surface area contributed by atoms with Gasteiger partial charge in [-0.25, -0.2) is 14.6 Å². The molecule has 0 saturated carbocycles. The summed E-state index contributed by atoms with van der Waals surface area (Å²) in [6.07, 6.45) is 0. The van der Waals surface area contributed by atoms with Crippen LogP contribution in [0.25, 0.3) is 11.0 Å². The first-order valence-corrected chi connectivity index (χ1v) is 7.91. The lowest BCUT2D eigenvalue weighted by atomic mass is 10.1. The lowest BCUT2D eigenvalue weighted by Crippen LogP contribution is -2.18. The van der Waals surface area contributed by atoms with E-state index in [4.69, 9.17) is 9.15 Å². The van der Waals surface area contributed by atoms with Crippen LogP contribution in [0.1, 0.15) is 31.5 Å². The van der Waals surface area contributed by atoms with Gasteiger partial charge in [-0.1, -0.05) is 18.2 Å². The Balaban J connectivity index is 1.90. The van der Waals surface area contributed by atoms with Crippen LogP contribution >= 0.6 is 11.3 Å². The van der Waals surface area contributed by atoms with E-state index in [1.165, 1.54) is 11.3 Å². The number of thiazole rings is 1. The minimum absolute atomic E-state index is 0.0455. The van der Waals surface area contributed by atoms with Crippen LogP contribution in [0.3, 0.4) is 0 Å². The van der Waals surface area contributed by atoms with Crippen molar-refractivity contribution >= 4 is 28.3 Å². The van der Waals surface area contributed by atoms with Crippen molar-refractivity contribution in [2.45, 2.75) is 27.4 Å². The lowest BCUT2D eigenvalue weighted by molar-refractivity contribution is 0.0466. The maximum Gasteiger partial charge on any atom is 0.351 e. The molecule has 6 heteroatoms. The van der Waals surface area contributed by atoms with Crippen LogP contribution in [-0.4, -0.2) is 11.0 Å². The predicted octanol–water partition coefficient (Wildman–Crippen LogP) is 3.53. The Bertz CT molecular complexity index is 935. The molecular weight excluding hydrogens is 314 g/mol. The fraction of sp³-hybridized carbons (Fsp3) is 0.235. The number of rotatable bonds is 3. The maximum atomic E-state index is 12.3. The normalized spacial score (nSPS) is 10.9. The number of carbonyl (C=O) groups is 1. The molecule has 23 heavy (non-hydrogen) atoms. The van der Waals surface area contributed by atoms with Gasteiger partial charge in [0.15, 0.2) is 0 Å². The monoisotopic (exact) mass is 329 g/mol. The van der Waals surface area contributed by atoms with Gasteiger partial charge in [0.1, 0.15) is 22.8 Å². The summed E-state index contributed by atoms with van der Waals surface area (Å²) in [7, 11) is 0. The van der Waals surface area contributed by atoms with Crippen molar-refractivity contribution in [3.05, 3.63) is 61.4 Å².